The maximum Gasteiger partial charge on any atom is 0.273 e. The lowest BCUT2D eigenvalue weighted by Crippen LogP contribution is -2.46. The van der Waals surface area contributed by atoms with Gasteiger partial charge in [0.05, 0.1) is 47.0 Å². The van der Waals surface area contributed by atoms with Gasteiger partial charge in [-0.1, -0.05) is 78.9 Å². The summed E-state index contributed by atoms with van der Waals surface area (Å²) < 4.78 is 37.5. The molecule has 0 unspecified atom stereocenters. The van der Waals surface area contributed by atoms with Crippen LogP contribution >= 0.6 is 12.4 Å². The van der Waals surface area contributed by atoms with Gasteiger partial charge in [-0.2, -0.15) is 5.10 Å². The Balaban J connectivity index is 0.000000202. The summed E-state index contributed by atoms with van der Waals surface area (Å²) in [6.45, 7) is 9.01. The molecule has 2 aliphatic rings. The van der Waals surface area contributed by atoms with Gasteiger partial charge < -0.3 is 19.3 Å². The first-order chi connectivity index (χ1) is 27.7. The molecule has 8 rings (SSSR count). The van der Waals surface area contributed by atoms with Crippen LogP contribution in [-0.4, -0.2) is 99.9 Å². The Morgan fingerprint density at radius 2 is 1.14 bits per heavy atom. The first kappa shape index (κ1) is 41.9. The van der Waals surface area contributed by atoms with Crippen molar-refractivity contribution in [2.45, 2.75) is 23.0 Å². The summed E-state index contributed by atoms with van der Waals surface area (Å²) in [7, 11) is -0.539. The third kappa shape index (κ3) is 9.71. The minimum absolute atomic E-state index is 0. The van der Waals surface area contributed by atoms with E-state index in [9.17, 15) is 18.5 Å². The quantitative estimate of drug-likeness (QED) is 0.106. The molecule has 5 aromatic carbocycles. The number of nitrogens with one attached hydrogen (secondary N) is 1. The van der Waals surface area contributed by atoms with Crippen LogP contribution in [0.25, 0.3) is 10.9 Å². The lowest BCUT2D eigenvalue weighted by Gasteiger charge is -2.36. The Hall–Kier alpha value is -5.67. The number of rotatable bonds is 11. The summed E-state index contributed by atoms with van der Waals surface area (Å²) in [5, 5.41) is 18.6. The van der Waals surface area contributed by atoms with Gasteiger partial charge in [-0.05, 0) is 35.4 Å². The molecule has 0 radical (unpaired) electrons. The molecular formula is C43H48ClN7O6S. The molecule has 15 heteroatoms. The van der Waals surface area contributed by atoms with Crippen molar-refractivity contribution in [2.24, 2.45) is 0 Å². The second-order valence-corrected chi connectivity index (χ2v) is 15.9. The van der Waals surface area contributed by atoms with E-state index < -0.39 is 14.8 Å². The SMILES string of the molecule is COc1cc([N+](=O)[O-])ccc1N1CCN(Cc2ccccc2)CC1.COc1cc2n[nH]c(S(=O)(=O)c3ccccc3)c2cc1N1CCN(Cc2ccccc2)CC1.Cl. The van der Waals surface area contributed by atoms with E-state index in [0.29, 0.717) is 22.4 Å². The zero-order chi connectivity index (χ0) is 39.8. The van der Waals surface area contributed by atoms with E-state index in [1.807, 2.05) is 24.3 Å². The highest BCUT2D eigenvalue weighted by Crippen LogP contribution is 2.37. The largest absolute Gasteiger partial charge is 0.495 e. The van der Waals surface area contributed by atoms with Gasteiger partial charge in [0, 0.05) is 83.0 Å². The van der Waals surface area contributed by atoms with Crippen molar-refractivity contribution in [2.75, 3.05) is 76.4 Å². The predicted octanol–water partition coefficient (Wildman–Crippen LogP) is 7.07. The average Bonchev–Trinajstić information content (AvgIpc) is 3.69. The normalized spacial score (nSPS) is 14.9. The van der Waals surface area contributed by atoms with E-state index in [-0.39, 0.29) is 28.0 Å². The fourth-order valence-electron chi connectivity index (χ4n) is 7.35. The molecule has 0 aliphatic carbocycles. The standard InChI is InChI=1S/C25H26N4O3S.C18H21N3O3.ClH/c1-32-24-17-22-21(25(27-26-22)33(30,31)20-10-6-3-7-11-20)16-23(24)29-14-12-28(13-15-29)18-19-8-4-2-5-9-19;1-24-18-13-16(21(22)23)7-8-17(18)20-11-9-19(10-12-20)14-15-5-3-2-4-6-15;/h2-11,16-17H,12-15,18H2,1H3,(H,26,27);2-8,13H,9-12,14H2,1H3;1H. The number of ether oxygens (including phenoxy) is 2. The van der Waals surface area contributed by atoms with E-state index in [4.69, 9.17) is 9.47 Å². The summed E-state index contributed by atoms with van der Waals surface area (Å²) in [6.07, 6.45) is 0. The van der Waals surface area contributed by atoms with E-state index in [1.165, 1.54) is 23.3 Å². The zero-order valence-corrected chi connectivity index (χ0v) is 34.2. The van der Waals surface area contributed by atoms with Crippen LogP contribution in [0.2, 0.25) is 0 Å². The Morgan fingerprint density at radius 3 is 1.64 bits per heavy atom. The van der Waals surface area contributed by atoms with Gasteiger partial charge in [0.25, 0.3) is 5.69 Å². The van der Waals surface area contributed by atoms with Crippen molar-refractivity contribution in [3.8, 4) is 11.5 Å². The van der Waals surface area contributed by atoms with Crippen LogP contribution in [0.5, 0.6) is 11.5 Å². The number of halogens is 1. The molecule has 1 N–H and O–H groups in total. The van der Waals surface area contributed by atoms with Crippen LogP contribution < -0.4 is 19.3 Å². The van der Waals surface area contributed by atoms with Crippen molar-refractivity contribution in [1.29, 1.82) is 0 Å². The van der Waals surface area contributed by atoms with Gasteiger partial charge >= 0.3 is 0 Å². The number of aromatic nitrogens is 2. The van der Waals surface area contributed by atoms with Gasteiger partial charge in [-0.25, -0.2) is 8.42 Å². The van der Waals surface area contributed by atoms with Crippen molar-refractivity contribution < 1.29 is 22.8 Å². The maximum atomic E-state index is 13.2. The smallest absolute Gasteiger partial charge is 0.273 e. The molecule has 2 aliphatic heterocycles. The molecule has 0 saturated carbocycles. The second-order valence-electron chi connectivity index (χ2n) is 14.0. The number of fused-ring (bicyclic) bond motifs is 1. The average molecular weight is 826 g/mol. The number of anilines is 2. The zero-order valence-electron chi connectivity index (χ0n) is 32.6. The lowest BCUT2D eigenvalue weighted by atomic mass is 10.1. The van der Waals surface area contributed by atoms with E-state index in [2.05, 4.69) is 78.3 Å². The van der Waals surface area contributed by atoms with Crippen molar-refractivity contribution in [1.82, 2.24) is 20.0 Å². The number of hydrogen-bond donors (Lipinski definition) is 1. The summed E-state index contributed by atoms with van der Waals surface area (Å²) in [5.74, 6) is 1.25. The number of nitro groups is 1. The minimum atomic E-state index is -3.72. The molecule has 3 heterocycles. The molecule has 0 bridgehead atoms. The molecule has 58 heavy (non-hydrogen) atoms. The highest BCUT2D eigenvalue weighted by molar-refractivity contribution is 7.91. The van der Waals surface area contributed by atoms with E-state index in [0.717, 1.165) is 76.8 Å². The molecule has 13 nitrogen and oxygen atoms in total. The number of hydrogen-bond acceptors (Lipinski definition) is 11. The molecule has 2 saturated heterocycles. The van der Waals surface area contributed by atoms with Crippen LogP contribution in [-0.2, 0) is 22.9 Å². The van der Waals surface area contributed by atoms with Gasteiger partial charge in [-0.15, -0.1) is 12.4 Å². The number of nitro benzene ring substituents is 1. The number of non-ortho nitro benzene ring substituents is 1. The second kappa shape index (κ2) is 19.2. The topological polar surface area (TPSA) is 137 Å². The summed E-state index contributed by atoms with van der Waals surface area (Å²) in [5.41, 5.74) is 5.04. The lowest BCUT2D eigenvalue weighted by molar-refractivity contribution is -0.384. The highest BCUT2D eigenvalue weighted by atomic mass is 35.5. The van der Waals surface area contributed by atoms with Crippen LogP contribution in [0.1, 0.15) is 11.1 Å². The van der Waals surface area contributed by atoms with Crippen LogP contribution in [0.4, 0.5) is 17.1 Å². The highest BCUT2D eigenvalue weighted by Gasteiger charge is 2.27. The van der Waals surface area contributed by atoms with E-state index in [1.54, 1.807) is 50.6 Å². The molecular weight excluding hydrogens is 778 g/mol. The molecule has 1 aromatic heterocycles. The molecule has 0 atom stereocenters. The Bertz CT molecular complexity index is 2370. The van der Waals surface area contributed by atoms with Gasteiger partial charge in [0.1, 0.15) is 11.5 Å². The number of nitrogens with zero attached hydrogens (tertiary/aromatic N) is 6. The van der Waals surface area contributed by atoms with Gasteiger partial charge in [-0.3, -0.25) is 25.0 Å². The third-order valence-corrected chi connectivity index (χ3v) is 12.2. The van der Waals surface area contributed by atoms with Crippen LogP contribution in [0.15, 0.2) is 131 Å². The number of H-pyrrole nitrogens is 1. The van der Waals surface area contributed by atoms with Crippen molar-refractivity contribution in [3.05, 3.63) is 143 Å². The summed E-state index contributed by atoms with van der Waals surface area (Å²) in [4.78, 5) is 20.1. The monoisotopic (exact) mass is 825 g/mol. The Morgan fingerprint density at radius 1 is 0.655 bits per heavy atom. The van der Waals surface area contributed by atoms with E-state index >= 15 is 0 Å². The fraction of sp³-hybridized carbons (Fsp3) is 0.279. The van der Waals surface area contributed by atoms with Crippen LogP contribution in [0.3, 0.4) is 0 Å². The molecule has 0 amide bonds. The molecule has 6 aromatic rings. The predicted molar refractivity (Wildman–Crippen MR) is 229 cm³/mol. The Labute approximate surface area is 345 Å². The number of piperazine rings is 2. The third-order valence-electron chi connectivity index (χ3n) is 10.4. The molecule has 2 fully saturated rings. The number of benzene rings is 5. The number of aromatic amines is 1. The van der Waals surface area contributed by atoms with Crippen molar-refractivity contribution in [3.63, 3.8) is 0 Å². The summed E-state index contributed by atoms with van der Waals surface area (Å²) >= 11 is 0. The first-order valence-corrected chi connectivity index (χ1v) is 20.4. The number of sulfone groups is 1. The van der Waals surface area contributed by atoms with Gasteiger partial charge in [0.15, 0.2) is 5.03 Å². The minimum Gasteiger partial charge on any atom is -0.495 e. The molecule has 0 spiro atoms. The van der Waals surface area contributed by atoms with Crippen LogP contribution in [0, 0.1) is 10.1 Å². The first-order valence-electron chi connectivity index (χ1n) is 18.9. The van der Waals surface area contributed by atoms with Gasteiger partial charge in [0.2, 0.25) is 9.84 Å². The molecule has 304 valence electrons. The Kier molecular flexibility index (Phi) is 13.9. The van der Waals surface area contributed by atoms with Crippen molar-refractivity contribution >= 4 is 50.2 Å². The fourth-order valence-corrected chi connectivity index (χ4v) is 8.72. The number of methoxy groups -OCH3 is 2. The maximum absolute atomic E-state index is 13.2. The summed E-state index contributed by atoms with van der Waals surface area (Å²) in [6, 6.07) is 37.8.